The monoisotopic (exact) mass is 175 g/mol. The van der Waals surface area contributed by atoms with E-state index < -0.39 is 0 Å². The Bertz CT molecular complexity index is 349. The Labute approximate surface area is 78.1 Å². The van der Waals surface area contributed by atoms with Crippen LogP contribution in [0.2, 0.25) is 0 Å². The molecule has 0 spiro atoms. The summed E-state index contributed by atoms with van der Waals surface area (Å²) in [4.78, 5) is 11.5. The molecular formula is C11H13NO. The Morgan fingerprint density at radius 3 is 2.62 bits per heavy atom. The van der Waals surface area contributed by atoms with Gasteiger partial charge in [0.15, 0.2) is 5.78 Å². The highest BCUT2D eigenvalue weighted by Gasteiger charge is 2.01. The van der Waals surface area contributed by atoms with Gasteiger partial charge in [-0.3, -0.25) is 4.79 Å². The van der Waals surface area contributed by atoms with Crippen molar-refractivity contribution in [3.05, 3.63) is 41.5 Å². The second-order valence-corrected chi connectivity index (χ2v) is 3.21. The summed E-state index contributed by atoms with van der Waals surface area (Å²) in [6.45, 7) is 3.79. The molecule has 0 radical (unpaired) electrons. The summed E-state index contributed by atoms with van der Waals surface area (Å²) < 4.78 is 0. The average Bonchev–Trinajstić information content (AvgIpc) is 2.03. The number of benzene rings is 1. The summed E-state index contributed by atoms with van der Waals surface area (Å²) >= 11 is 0. The lowest BCUT2D eigenvalue weighted by atomic mass is 10.1. The van der Waals surface area contributed by atoms with Crippen molar-refractivity contribution in [1.29, 1.82) is 0 Å². The summed E-state index contributed by atoms with van der Waals surface area (Å²) in [6, 6.07) is 6.99. The predicted octanol–water partition coefficient (Wildman–Crippen LogP) is 2.42. The van der Waals surface area contributed by atoms with Crippen molar-refractivity contribution >= 4 is 11.5 Å². The highest BCUT2D eigenvalue weighted by atomic mass is 16.1. The van der Waals surface area contributed by atoms with E-state index in [0.717, 1.165) is 5.57 Å². The minimum atomic E-state index is 0.00676. The summed E-state index contributed by atoms with van der Waals surface area (Å²) in [5.41, 5.74) is 7.81. The van der Waals surface area contributed by atoms with E-state index >= 15 is 0 Å². The molecule has 2 heteroatoms. The van der Waals surface area contributed by atoms with Crippen molar-refractivity contribution in [3.8, 4) is 0 Å². The van der Waals surface area contributed by atoms with Gasteiger partial charge in [-0.15, -0.1) is 0 Å². The number of rotatable bonds is 2. The van der Waals surface area contributed by atoms with E-state index in [1.165, 1.54) is 0 Å². The van der Waals surface area contributed by atoms with Crippen LogP contribution < -0.4 is 5.73 Å². The lowest BCUT2D eigenvalue weighted by Gasteiger charge is -1.97. The molecule has 2 N–H and O–H groups in total. The molecule has 68 valence electrons. The van der Waals surface area contributed by atoms with Crippen LogP contribution in [0.15, 0.2) is 35.9 Å². The van der Waals surface area contributed by atoms with E-state index in [1.807, 2.05) is 13.8 Å². The first-order valence-corrected chi connectivity index (χ1v) is 4.14. The molecule has 0 amide bonds. The highest BCUT2D eigenvalue weighted by Crippen LogP contribution is 2.08. The maximum absolute atomic E-state index is 11.5. The molecule has 1 aromatic rings. The third-order valence-corrected chi connectivity index (χ3v) is 1.59. The van der Waals surface area contributed by atoms with Crippen LogP contribution in [0.3, 0.4) is 0 Å². The fraction of sp³-hybridized carbons (Fsp3) is 0.182. The van der Waals surface area contributed by atoms with Crippen molar-refractivity contribution in [2.24, 2.45) is 0 Å². The van der Waals surface area contributed by atoms with Crippen molar-refractivity contribution in [2.75, 3.05) is 5.73 Å². The minimum Gasteiger partial charge on any atom is -0.399 e. The van der Waals surface area contributed by atoms with Crippen LogP contribution in [0.4, 0.5) is 5.69 Å². The van der Waals surface area contributed by atoms with Gasteiger partial charge in [0.2, 0.25) is 0 Å². The van der Waals surface area contributed by atoms with Crippen molar-refractivity contribution in [1.82, 2.24) is 0 Å². The zero-order valence-electron chi connectivity index (χ0n) is 7.87. The molecule has 0 saturated heterocycles. The summed E-state index contributed by atoms with van der Waals surface area (Å²) in [5.74, 6) is 0.00676. The zero-order chi connectivity index (χ0) is 9.84. The van der Waals surface area contributed by atoms with Crippen molar-refractivity contribution < 1.29 is 4.79 Å². The lowest BCUT2D eigenvalue weighted by Crippen LogP contribution is -1.96. The molecule has 0 atom stereocenters. The Balaban J connectivity index is 2.96. The normalized spacial score (nSPS) is 9.38. The van der Waals surface area contributed by atoms with Crippen LogP contribution in [-0.4, -0.2) is 5.78 Å². The molecule has 0 aliphatic heterocycles. The van der Waals surface area contributed by atoms with E-state index in [1.54, 1.807) is 30.3 Å². The Morgan fingerprint density at radius 2 is 2.08 bits per heavy atom. The molecule has 0 unspecified atom stereocenters. The molecule has 0 saturated carbocycles. The van der Waals surface area contributed by atoms with E-state index in [-0.39, 0.29) is 5.78 Å². The number of allylic oxidation sites excluding steroid dienone is 2. The Hall–Kier alpha value is -1.57. The van der Waals surface area contributed by atoms with Crippen LogP contribution in [0, 0.1) is 0 Å². The predicted molar refractivity (Wildman–Crippen MR) is 54.6 cm³/mol. The number of carbonyl (C=O) groups excluding carboxylic acids is 1. The van der Waals surface area contributed by atoms with Crippen LogP contribution in [0.5, 0.6) is 0 Å². The number of hydrogen-bond acceptors (Lipinski definition) is 2. The minimum absolute atomic E-state index is 0.00676. The average molecular weight is 175 g/mol. The molecule has 2 nitrogen and oxygen atoms in total. The zero-order valence-corrected chi connectivity index (χ0v) is 7.87. The van der Waals surface area contributed by atoms with Crippen molar-refractivity contribution in [3.63, 3.8) is 0 Å². The fourth-order valence-corrected chi connectivity index (χ4v) is 1.04. The largest absolute Gasteiger partial charge is 0.399 e. The van der Waals surface area contributed by atoms with Crippen LogP contribution in [0.25, 0.3) is 0 Å². The quantitative estimate of drug-likeness (QED) is 0.426. The van der Waals surface area contributed by atoms with Crippen LogP contribution >= 0.6 is 0 Å². The number of carbonyl (C=O) groups is 1. The van der Waals surface area contributed by atoms with E-state index in [2.05, 4.69) is 0 Å². The summed E-state index contributed by atoms with van der Waals surface area (Å²) in [5, 5.41) is 0. The fourth-order valence-electron chi connectivity index (χ4n) is 1.04. The van der Waals surface area contributed by atoms with Gasteiger partial charge in [-0.1, -0.05) is 17.7 Å². The second kappa shape index (κ2) is 3.90. The number of ketones is 1. The van der Waals surface area contributed by atoms with Crippen LogP contribution in [0.1, 0.15) is 24.2 Å². The number of nitrogens with two attached hydrogens (primary N) is 1. The molecule has 0 aliphatic rings. The van der Waals surface area contributed by atoms with Gasteiger partial charge in [0.25, 0.3) is 0 Å². The topological polar surface area (TPSA) is 43.1 Å². The summed E-state index contributed by atoms with van der Waals surface area (Å²) in [7, 11) is 0. The SMILES string of the molecule is CC(C)=CC(=O)c1cccc(N)c1. The first kappa shape index (κ1) is 9.52. The third kappa shape index (κ3) is 2.75. The van der Waals surface area contributed by atoms with Gasteiger partial charge < -0.3 is 5.73 Å². The molecule has 0 aliphatic carbocycles. The van der Waals surface area contributed by atoms with Gasteiger partial charge in [0, 0.05) is 11.3 Å². The maximum Gasteiger partial charge on any atom is 0.185 e. The molecule has 0 aromatic heterocycles. The Morgan fingerprint density at radius 1 is 1.38 bits per heavy atom. The van der Waals surface area contributed by atoms with Gasteiger partial charge in [0.05, 0.1) is 0 Å². The highest BCUT2D eigenvalue weighted by molar-refractivity contribution is 6.05. The summed E-state index contributed by atoms with van der Waals surface area (Å²) in [6.07, 6.45) is 1.61. The van der Waals surface area contributed by atoms with Crippen molar-refractivity contribution in [2.45, 2.75) is 13.8 Å². The molecule has 0 fully saturated rings. The van der Waals surface area contributed by atoms with Gasteiger partial charge in [-0.2, -0.15) is 0 Å². The second-order valence-electron chi connectivity index (χ2n) is 3.21. The first-order valence-electron chi connectivity index (χ1n) is 4.14. The lowest BCUT2D eigenvalue weighted by molar-refractivity contribution is 0.104. The molecule has 1 aromatic carbocycles. The maximum atomic E-state index is 11.5. The Kier molecular flexibility index (Phi) is 2.85. The number of nitrogen functional groups attached to an aromatic ring is 1. The molecule has 0 bridgehead atoms. The molecule has 13 heavy (non-hydrogen) atoms. The molecule has 0 heterocycles. The van der Waals surface area contributed by atoms with Gasteiger partial charge in [0.1, 0.15) is 0 Å². The smallest absolute Gasteiger partial charge is 0.185 e. The van der Waals surface area contributed by atoms with Crippen LogP contribution in [-0.2, 0) is 0 Å². The third-order valence-electron chi connectivity index (χ3n) is 1.59. The number of hydrogen-bond donors (Lipinski definition) is 1. The van der Waals surface area contributed by atoms with Gasteiger partial charge >= 0.3 is 0 Å². The first-order chi connectivity index (χ1) is 6.09. The van der Waals surface area contributed by atoms with Gasteiger partial charge in [-0.05, 0) is 32.1 Å². The molecule has 1 rings (SSSR count). The van der Waals surface area contributed by atoms with E-state index in [9.17, 15) is 4.79 Å². The van der Waals surface area contributed by atoms with E-state index in [0.29, 0.717) is 11.3 Å². The van der Waals surface area contributed by atoms with Gasteiger partial charge in [-0.25, -0.2) is 0 Å². The van der Waals surface area contributed by atoms with E-state index in [4.69, 9.17) is 5.73 Å². The standard InChI is InChI=1S/C11H13NO/c1-8(2)6-11(13)9-4-3-5-10(12)7-9/h3-7H,12H2,1-2H3. The number of anilines is 1. The molecular weight excluding hydrogens is 162 g/mol.